The van der Waals surface area contributed by atoms with Crippen LogP contribution in [0.5, 0.6) is 11.5 Å². The van der Waals surface area contributed by atoms with E-state index < -0.39 is 0 Å². The predicted molar refractivity (Wildman–Crippen MR) is 96.0 cm³/mol. The Bertz CT molecular complexity index is 682. The first-order chi connectivity index (χ1) is 11.5. The highest BCUT2D eigenvalue weighted by molar-refractivity contribution is 5.95. The second kappa shape index (κ2) is 7.86. The van der Waals surface area contributed by atoms with Gasteiger partial charge in [0.15, 0.2) is 0 Å². The maximum Gasteiger partial charge on any atom is 0.252 e. The van der Waals surface area contributed by atoms with E-state index in [4.69, 9.17) is 9.47 Å². The van der Waals surface area contributed by atoms with Crippen LogP contribution in [0.1, 0.15) is 46.4 Å². The number of amides is 1. The van der Waals surface area contributed by atoms with E-state index in [1.54, 1.807) is 26.4 Å². The van der Waals surface area contributed by atoms with Crippen molar-refractivity contribution in [2.75, 3.05) is 14.2 Å². The SMILES string of the molecule is CCC(NC(=O)c1cc(OC)c(C)c(OC)c1)c1ccc(C)cc1. The molecule has 0 aromatic heterocycles. The minimum Gasteiger partial charge on any atom is -0.496 e. The smallest absolute Gasteiger partial charge is 0.252 e. The molecule has 128 valence electrons. The maximum atomic E-state index is 12.7. The van der Waals surface area contributed by atoms with Crippen LogP contribution in [-0.4, -0.2) is 20.1 Å². The summed E-state index contributed by atoms with van der Waals surface area (Å²) in [6, 6.07) is 11.7. The van der Waals surface area contributed by atoms with Crippen molar-refractivity contribution < 1.29 is 14.3 Å². The van der Waals surface area contributed by atoms with Gasteiger partial charge in [0.1, 0.15) is 11.5 Å². The third-order valence-electron chi connectivity index (χ3n) is 4.21. The van der Waals surface area contributed by atoms with Gasteiger partial charge in [-0.15, -0.1) is 0 Å². The molecule has 0 saturated heterocycles. The molecule has 0 radical (unpaired) electrons. The molecule has 0 spiro atoms. The van der Waals surface area contributed by atoms with Crippen molar-refractivity contribution >= 4 is 5.91 Å². The van der Waals surface area contributed by atoms with E-state index in [9.17, 15) is 4.79 Å². The van der Waals surface area contributed by atoms with Crippen LogP contribution < -0.4 is 14.8 Å². The van der Waals surface area contributed by atoms with E-state index >= 15 is 0 Å². The van der Waals surface area contributed by atoms with Crippen LogP contribution in [0.4, 0.5) is 0 Å². The molecule has 2 rings (SSSR count). The molecule has 1 atom stereocenters. The van der Waals surface area contributed by atoms with Crippen molar-refractivity contribution in [3.05, 3.63) is 58.7 Å². The van der Waals surface area contributed by atoms with Crippen LogP contribution in [0, 0.1) is 13.8 Å². The van der Waals surface area contributed by atoms with Gasteiger partial charge >= 0.3 is 0 Å². The third-order valence-corrected chi connectivity index (χ3v) is 4.21. The summed E-state index contributed by atoms with van der Waals surface area (Å²) in [7, 11) is 3.18. The largest absolute Gasteiger partial charge is 0.496 e. The Morgan fingerprint density at radius 1 is 1.04 bits per heavy atom. The monoisotopic (exact) mass is 327 g/mol. The summed E-state index contributed by atoms with van der Waals surface area (Å²) >= 11 is 0. The molecule has 2 aromatic carbocycles. The van der Waals surface area contributed by atoms with Gasteiger partial charge in [-0.3, -0.25) is 4.79 Å². The fourth-order valence-corrected chi connectivity index (χ4v) is 2.68. The third kappa shape index (κ3) is 3.88. The Balaban J connectivity index is 2.26. The standard InChI is InChI=1S/C20H25NO3/c1-6-17(15-9-7-13(2)8-10-15)21-20(22)16-11-18(23-4)14(3)19(12-16)24-5/h7-12,17H,6H2,1-5H3,(H,21,22). The number of hydrogen-bond donors (Lipinski definition) is 1. The zero-order valence-corrected chi connectivity index (χ0v) is 15.0. The number of ether oxygens (including phenoxy) is 2. The van der Waals surface area contributed by atoms with Crippen molar-refractivity contribution in [2.24, 2.45) is 0 Å². The minimum absolute atomic E-state index is 0.0311. The summed E-state index contributed by atoms with van der Waals surface area (Å²) in [5.74, 6) is 1.14. The number of nitrogens with one attached hydrogen (secondary N) is 1. The van der Waals surface area contributed by atoms with E-state index in [1.807, 2.05) is 13.8 Å². The molecular formula is C20H25NO3. The second-order valence-corrected chi connectivity index (χ2v) is 5.85. The summed E-state index contributed by atoms with van der Waals surface area (Å²) in [6.45, 7) is 6.01. The first-order valence-electron chi connectivity index (χ1n) is 8.10. The summed E-state index contributed by atoms with van der Waals surface area (Å²) in [6.07, 6.45) is 0.814. The molecule has 1 amide bonds. The van der Waals surface area contributed by atoms with Crippen molar-refractivity contribution in [1.29, 1.82) is 0 Å². The van der Waals surface area contributed by atoms with E-state index in [0.29, 0.717) is 17.1 Å². The molecule has 4 heteroatoms. The van der Waals surface area contributed by atoms with Gasteiger partial charge in [-0.2, -0.15) is 0 Å². The topological polar surface area (TPSA) is 47.6 Å². The van der Waals surface area contributed by atoms with Crippen molar-refractivity contribution in [3.8, 4) is 11.5 Å². The van der Waals surface area contributed by atoms with Gasteiger partial charge < -0.3 is 14.8 Å². The number of rotatable bonds is 6. The lowest BCUT2D eigenvalue weighted by molar-refractivity contribution is 0.0935. The summed E-state index contributed by atoms with van der Waals surface area (Å²) < 4.78 is 10.7. The Kier molecular flexibility index (Phi) is 5.85. The van der Waals surface area contributed by atoms with Gasteiger partial charge in [-0.05, 0) is 38.0 Å². The molecule has 0 aliphatic carbocycles. The van der Waals surface area contributed by atoms with Gasteiger partial charge in [0.2, 0.25) is 0 Å². The van der Waals surface area contributed by atoms with Crippen LogP contribution in [-0.2, 0) is 0 Å². The molecule has 4 nitrogen and oxygen atoms in total. The van der Waals surface area contributed by atoms with Crippen molar-refractivity contribution in [2.45, 2.75) is 33.2 Å². The fourth-order valence-electron chi connectivity index (χ4n) is 2.68. The molecule has 0 aliphatic heterocycles. The van der Waals surface area contributed by atoms with E-state index in [2.05, 4.69) is 36.5 Å². The van der Waals surface area contributed by atoms with Crippen LogP contribution in [0.25, 0.3) is 0 Å². The summed E-state index contributed by atoms with van der Waals surface area (Å²) in [5, 5.41) is 3.09. The number of aryl methyl sites for hydroxylation is 1. The first-order valence-corrected chi connectivity index (χ1v) is 8.10. The highest BCUT2D eigenvalue weighted by Crippen LogP contribution is 2.30. The Hall–Kier alpha value is -2.49. The van der Waals surface area contributed by atoms with E-state index in [1.165, 1.54) is 5.56 Å². The van der Waals surface area contributed by atoms with E-state index in [-0.39, 0.29) is 11.9 Å². The number of carbonyl (C=O) groups excluding carboxylic acids is 1. The quantitative estimate of drug-likeness (QED) is 0.865. The average molecular weight is 327 g/mol. The highest BCUT2D eigenvalue weighted by atomic mass is 16.5. The van der Waals surface area contributed by atoms with Crippen LogP contribution in [0.15, 0.2) is 36.4 Å². The fraction of sp³-hybridized carbons (Fsp3) is 0.350. The van der Waals surface area contributed by atoms with Gasteiger partial charge in [-0.1, -0.05) is 36.8 Å². The highest BCUT2D eigenvalue weighted by Gasteiger charge is 2.17. The molecule has 0 bridgehead atoms. The second-order valence-electron chi connectivity index (χ2n) is 5.85. The number of hydrogen-bond acceptors (Lipinski definition) is 3. The molecule has 0 saturated carbocycles. The molecule has 2 aromatic rings. The lowest BCUT2D eigenvalue weighted by atomic mass is 10.0. The molecule has 1 N–H and O–H groups in total. The number of benzene rings is 2. The molecule has 0 aliphatic rings. The summed E-state index contributed by atoms with van der Waals surface area (Å²) in [4.78, 5) is 12.7. The van der Waals surface area contributed by atoms with Gasteiger partial charge in [0, 0.05) is 11.1 Å². The molecular weight excluding hydrogens is 302 g/mol. The molecule has 24 heavy (non-hydrogen) atoms. The zero-order valence-electron chi connectivity index (χ0n) is 15.0. The Morgan fingerprint density at radius 2 is 1.58 bits per heavy atom. The normalized spacial score (nSPS) is 11.7. The van der Waals surface area contributed by atoms with Gasteiger partial charge in [0.25, 0.3) is 5.91 Å². The molecule has 1 unspecified atom stereocenters. The predicted octanol–water partition coefficient (Wildman–Crippen LogP) is 4.20. The molecule has 0 fully saturated rings. The van der Waals surface area contributed by atoms with Gasteiger partial charge in [0.05, 0.1) is 20.3 Å². The van der Waals surface area contributed by atoms with E-state index in [0.717, 1.165) is 17.5 Å². The number of methoxy groups -OCH3 is 2. The van der Waals surface area contributed by atoms with Crippen LogP contribution in [0.2, 0.25) is 0 Å². The average Bonchev–Trinajstić information content (AvgIpc) is 2.60. The van der Waals surface area contributed by atoms with Gasteiger partial charge in [-0.25, -0.2) is 0 Å². The van der Waals surface area contributed by atoms with Crippen LogP contribution in [0.3, 0.4) is 0 Å². The van der Waals surface area contributed by atoms with Crippen molar-refractivity contribution in [3.63, 3.8) is 0 Å². The summed E-state index contributed by atoms with van der Waals surface area (Å²) in [5.41, 5.74) is 3.71. The van der Waals surface area contributed by atoms with Crippen molar-refractivity contribution in [1.82, 2.24) is 5.32 Å². The van der Waals surface area contributed by atoms with Crippen LogP contribution >= 0.6 is 0 Å². The zero-order chi connectivity index (χ0) is 17.7. The first kappa shape index (κ1) is 17.9. The lowest BCUT2D eigenvalue weighted by Crippen LogP contribution is -2.28. The lowest BCUT2D eigenvalue weighted by Gasteiger charge is -2.19. The minimum atomic E-state index is -0.140. The Morgan fingerprint density at radius 3 is 2.04 bits per heavy atom. The molecule has 0 heterocycles. The maximum absolute atomic E-state index is 12.7. The Labute approximate surface area is 143 Å². The number of carbonyl (C=O) groups is 1.